The minimum Gasteiger partial charge on any atom is -0.480 e. The van der Waals surface area contributed by atoms with E-state index in [4.69, 9.17) is 16.7 Å². The maximum absolute atomic E-state index is 11.1. The normalized spacial score (nSPS) is 11.0. The minimum atomic E-state index is -0.843. The molecule has 0 atom stereocenters. The van der Waals surface area contributed by atoms with Crippen molar-refractivity contribution < 1.29 is 9.90 Å². The Balaban J connectivity index is 2.49. The van der Waals surface area contributed by atoms with Gasteiger partial charge in [0, 0.05) is 28.8 Å². The Kier molecular flexibility index (Phi) is 4.45. The number of aliphatic carboxylic acids is 1. The molecule has 4 nitrogen and oxygen atoms in total. The van der Waals surface area contributed by atoms with Gasteiger partial charge in [-0.2, -0.15) is 0 Å². The first-order chi connectivity index (χ1) is 9.47. The molecule has 0 amide bonds. The van der Waals surface area contributed by atoms with Crippen LogP contribution >= 0.6 is 11.6 Å². The fourth-order valence-electron chi connectivity index (χ4n) is 2.23. The number of anilines is 1. The summed E-state index contributed by atoms with van der Waals surface area (Å²) >= 11 is 5.97. The summed E-state index contributed by atoms with van der Waals surface area (Å²) in [4.78, 5) is 17.2. The van der Waals surface area contributed by atoms with E-state index in [2.05, 4.69) is 18.8 Å². The Morgan fingerprint density at radius 2 is 2.15 bits per heavy atom. The number of rotatable bonds is 5. The number of pyridine rings is 1. The predicted octanol–water partition coefficient (Wildman–Crippen LogP) is 3.44. The molecule has 0 saturated carbocycles. The van der Waals surface area contributed by atoms with Gasteiger partial charge in [-0.05, 0) is 30.2 Å². The first-order valence-corrected chi connectivity index (χ1v) is 6.86. The molecule has 20 heavy (non-hydrogen) atoms. The molecule has 0 bridgehead atoms. The third-order valence-electron chi connectivity index (χ3n) is 2.93. The van der Waals surface area contributed by atoms with Crippen molar-refractivity contribution in [3.8, 4) is 0 Å². The number of carbonyl (C=O) groups is 1. The van der Waals surface area contributed by atoms with Gasteiger partial charge in [0.25, 0.3) is 0 Å². The summed E-state index contributed by atoms with van der Waals surface area (Å²) in [5, 5.41) is 10.6. The van der Waals surface area contributed by atoms with Gasteiger partial charge >= 0.3 is 5.97 Å². The van der Waals surface area contributed by atoms with Crippen molar-refractivity contribution in [1.29, 1.82) is 0 Å². The van der Waals surface area contributed by atoms with Crippen molar-refractivity contribution in [3.63, 3.8) is 0 Å². The number of halogens is 1. The van der Waals surface area contributed by atoms with E-state index in [9.17, 15) is 4.79 Å². The zero-order valence-corrected chi connectivity index (χ0v) is 12.3. The van der Waals surface area contributed by atoms with Gasteiger partial charge in [-0.1, -0.05) is 25.4 Å². The van der Waals surface area contributed by atoms with Crippen molar-refractivity contribution in [2.24, 2.45) is 5.92 Å². The minimum absolute atomic E-state index is 0.0279. The molecule has 0 unspecified atom stereocenters. The smallest absolute Gasteiger partial charge is 0.323 e. The molecule has 0 aliphatic heterocycles. The van der Waals surface area contributed by atoms with Gasteiger partial charge in [-0.3, -0.25) is 9.78 Å². The van der Waals surface area contributed by atoms with Crippen LogP contribution in [-0.2, 0) is 4.79 Å². The average Bonchev–Trinajstić information content (AvgIpc) is 2.35. The number of aromatic nitrogens is 1. The van der Waals surface area contributed by atoms with E-state index in [0.717, 1.165) is 16.6 Å². The lowest BCUT2D eigenvalue weighted by atomic mass is 10.1. The van der Waals surface area contributed by atoms with E-state index < -0.39 is 5.97 Å². The number of benzene rings is 1. The lowest BCUT2D eigenvalue weighted by Crippen LogP contribution is -2.33. The summed E-state index contributed by atoms with van der Waals surface area (Å²) in [5.74, 6) is -0.477. The quantitative estimate of drug-likeness (QED) is 0.917. The van der Waals surface area contributed by atoms with E-state index >= 15 is 0 Å². The highest BCUT2D eigenvalue weighted by Gasteiger charge is 2.15. The van der Waals surface area contributed by atoms with Crippen LogP contribution in [-0.4, -0.2) is 29.1 Å². The largest absolute Gasteiger partial charge is 0.480 e. The van der Waals surface area contributed by atoms with Crippen LogP contribution in [0.2, 0.25) is 5.02 Å². The van der Waals surface area contributed by atoms with Crippen LogP contribution in [0.3, 0.4) is 0 Å². The summed E-state index contributed by atoms with van der Waals surface area (Å²) < 4.78 is 0. The van der Waals surface area contributed by atoms with Crippen molar-refractivity contribution >= 4 is 34.2 Å². The number of nitrogens with zero attached hydrogens (tertiary/aromatic N) is 2. The molecular formula is C15H17ClN2O2. The molecular weight excluding hydrogens is 276 g/mol. The van der Waals surface area contributed by atoms with Gasteiger partial charge in [-0.25, -0.2) is 0 Å². The van der Waals surface area contributed by atoms with Crippen LogP contribution in [0.1, 0.15) is 13.8 Å². The number of fused-ring (bicyclic) bond motifs is 1. The molecule has 0 fully saturated rings. The highest BCUT2D eigenvalue weighted by molar-refractivity contribution is 6.31. The lowest BCUT2D eigenvalue weighted by molar-refractivity contribution is -0.135. The highest BCUT2D eigenvalue weighted by Crippen LogP contribution is 2.27. The highest BCUT2D eigenvalue weighted by atomic mass is 35.5. The summed E-state index contributed by atoms with van der Waals surface area (Å²) in [6, 6.07) is 7.31. The maximum Gasteiger partial charge on any atom is 0.323 e. The van der Waals surface area contributed by atoms with Gasteiger partial charge < -0.3 is 10.0 Å². The third kappa shape index (κ3) is 3.39. The van der Waals surface area contributed by atoms with Crippen molar-refractivity contribution in [1.82, 2.24) is 4.98 Å². The monoisotopic (exact) mass is 292 g/mol. The van der Waals surface area contributed by atoms with Gasteiger partial charge in [-0.15, -0.1) is 0 Å². The Hall–Kier alpha value is -1.81. The molecule has 1 aromatic carbocycles. The summed E-state index contributed by atoms with van der Waals surface area (Å²) in [5.41, 5.74) is 1.65. The second kappa shape index (κ2) is 6.09. The van der Waals surface area contributed by atoms with Gasteiger partial charge in [0.05, 0.1) is 5.52 Å². The average molecular weight is 293 g/mol. The van der Waals surface area contributed by atoms with Crippen LogP contribution in [0.15, 0.2) is 30.5 Å². The fourth-order valence-corrected chi connectivity index (χ4v) is 2.40. The van der Waals surface area contributed by atoms with E-state index in [1.807, 2.05) is 17.0 Å². The van der Waals surface area contributed by atoms with Gasteiger partial charge in [0.15, 0.2) is 0 Å². The number of hydrogen-bond acceptors (Lipinski definition) is 3. The van der Waals surface area contributed by atoms with Crippen LogP contribution in [0.5, 0.6) is 0 Å². The van der Waals surface area contributed by atoms with Crippen molar-refractivity contribution in [2.45, 2.75) is 13.8 Å². The second-order valence-electron chi connectivity index (χ2n) is 5.16. The van der Waals surface area contributed by atoms with Crippen LogP contribution in [0, 0.1) is 5.92 Å². The summed E-state index contributed by atoms with van der Waals surface area (Å²) in [6.45, 7) is 4.78. The molecule has 1 N–H and O–H groups in total. The third-order valence-corrected chi connectivity index (χ3v) is 3.17. The molecule has 5 heteroatoms. The predicted molar refractivity (Wildman–Crippen MR) is 81.4 cm³/mol. The number of hydrogen-bond donors (Lipinski definition) is 1. The Labute approximate surface area is 123 Å². The van der Waals surface area contributed by atoms with Crippen molar-refractivity contribution in [2.75, 3.05) is 18.0 Å². The molecule has 0 saturated heterocycles. The molecule has 106 valence electrons. The van der Waals surface area contributed by atoms with E-state index in [-0.39, 0.29) is 6.54 Å². The zero-order valence-electron chi connectivity index (χ0n) is 11.5. The van der Waals surface area contributed by atoms with E-state index in [1.54, 1.807) is 18.3 Å². The van der Waals surface area contributed by atoms with Crippen LogP contribution in [0.4, 0.5) is 5.69 Å². The lowest BCUT2D eigenvalue weighted by Gasteiger charge is -2.26. The SMILES string of the molecule is CC(C)CN(CC(=O)O)c1ccnc2cc(Cl)ccc12. The van der Waals surface area contributed by atoms with Crippen LogP contribution in [0.25, 0.3) is 10.9 Å². The fraction of sp³-hybridized carbons (Fsp3) is 0.333. The molecule has 2 rings (SSSR count). The molecule has 1 heterocycles. The molecule has 0 aliphatic carbocycles. The second-order valence-corrected chi connectivity index (χ2v) is 5.60. The molecule has 1 aromatic heterocycles. The molecule has 0 radical (unpaired) electrons. The Bertz CT molecular complexity index is 628. The molecule has 0 aliphatic rings. The number of carboxylic acids is 1. The van der Waals surface area contributed by atoms with E-state index in [1.165, 1.54) is 0 Å². The molecule has 0 spiro atoms. The van der Waals surface area contributed by atoms with E-state index in [0.29, 0.717) is 17.5 Å². The van der Waals surface area contributed by atoms with Crippen LogP contribution < -0.4 is 4.90 Å². The topological polar surface area (TPSA) is 53.4 Å². The number of carboxylic acid groups (broad SMARTS) is 1. The first-order valence-electron chi connectivity index (χ1n) is 6.48. The molecule has 2 aromatic rings. The van der Waals surface area contributed by atoms with Gasteiger partial charge in [0.1, 0.15) is 6.54 Å². The summed E-state index contributed by atoms with van der Waals surface area (Å²) in [6.07, 6.45) is 1.68. The zero-order chi connectivity index (χ0) is 14.7. The Morgan fingerprint density at radius 1 is 1.40 bits per heavy atom. The van der Waals surface area contributed by atoms with Crippen molar-refractivity contribution in [3.05, 3.63) is 35.5 Å². The van der Waals surface area contributed by atoms with Gasteiger partial charge in [0.2, 0.25) is 0 Å². The standard InChI is InChI=1S/C15H17ClN2O2/c1-10(2)8-18(9-15(19)20)14-5-6-17-13-7-11(16)3-4-12(13)14/h3-7,10H,8-9H2,1-2H3,(H,19,20). The Morgan fingerprint density at radius 3 is 2.80 bits per heavy atom. The summed E-state index contributed by atoms with van der Waals surface area (Å²) in [7, 11) is 0. The maximum atomic E-state index is 11.1. The first kappa shape index (κ1) is 14.6.